The number of hydrogen-bond donors (Lipinski definition) is 2. The Labute approximate surface area is 132 Å². The quantitative estimate of drug-likeness (QED) is 0.843. The maximum Gasteiger partial charge on any atom is 0.266 e. The molecule has 1 aromatic heterocycles. The van der Waals surface area contributed by atoms with Gasteiger partial charge < -0.3 is 5.32 Å². The molecule has 22 heavy (non-hydrogen) atoms. The van der Waals surface area contributed by atoms with Crippen LogP contribution < -0.4 is 10.0 Å². The Morgan fingerprint density at radius 2 is 2.27 bits per heavy atom. The molecule has 0 atom stereocenters. The van der Waals surface area contributed by atoms with Crippen LogP contribution in [0.3, 0.4) is 0 Å². The Hall–Kier alpha value is -1.78. The molecule has 2 heterocycles. The zero-order valence-corrected chi connectivity index (χ0v) is 13.6. The molecule has 0 radical (unpaired) electrons. The maximum absolute atomic E-state index is 12.5. The van der Waals surface area contributed by atoms with Crippen LogP contribution in [0.2, 0.25) is 0 Å². The summed E-state index contributed by atoms with van der Waals surface area (Å²) in [5, 5.41) is 2.97. The monoisotopic (exact) mass is 340 g/mol. The first-order valence-corrected chi connectivity index (χ1v) is 9.06. The third kappa shape index (κ3) is 3.03. The second-order valence-corrected chi connectivity index (χ2v) is 7.05. The summed E-state index contributed by atoms with van der Waals surface area (Å²) in [4.78, 5) is 6.41. The summed E-state index contributed by atoms with van der Waals surface area (Å²) in [6, 6.07) is 4.90. The average Bonchev–Trinajstić information content (AvgIpc) is 2.97. The van der Waals surface area contributed by atoms with Crippen molar-refractivity contribution in [1.82, 2.24) is 23.7 Å². The molecule has 8 nitrogen and oxygen atoms in total. The summed E-state index contributed by atoms with van der Waals surface area (Å²) in [5.41, 5.74) is 0.949. The Bertz CT molecular complexity index is 801. The van der Waals surface area contributed by atoms with Crippen LogP contribution in [0.25, 0.3) is 11.0 Å². The van der Waals surface area contributed by atoms with Crippen molar-refractivity contribution in [3.63, 3.8) is 0 Å². The first kappa shape index (κ1) is 15.1. The molecule has 0 saturated heterocycles. The van der Waals surface area contributed by atoms with Gasteiger partial charge in [0.1, 0.15) is 15.9 Å². The number of aliphatic imine (C=N–C) groups is 1. The van der Waals surface area contributed by atoms with E-state index in [2.05, 4.69) is 35.6 Å². The Kier molecular flexibility index (Phi) is 4.23. The van der Waals surface area contributed by atoms with Gasteiger partial charge in [0.15, 0.2) is 0 Å². The Morgan fingerprint density at radius 3 is 3.00 bits per heavy atom. The lowest BCUT2D eigenvalue weighted by Gasteiger charge is -2.26. The molecule has 1 aromatic carbocycles. The lowest BCUT2D eigenvalue weighted by Crippen LogP contribution is -2.50. The van der Waals surface area contributed by atoms with Gasteiger partial charge in [-0.1, -0.05) is 13.0 Å². The molecule has 0 aliphatic carbocycles. The minimum absolute atomic E-state index is 0.110. The number of guanidine groups is 1. The van der Waals surface area contributed by atoms with E-state index in [4.69, 9.17) is 0 Å². The van der Waals surface area contributed by atoms with Gasteiger partial charge in [-0.3, -0.25) is 4.90 Å². The van der Waals surface area contributed by atoms with Crippen LogP contribution >= 0.6 is 11.7 Å². The summed E-state index contributed by atoms with van der Waals surface area (Å²) in [5.74, 6) is 0.257. The molecule has 0 fully saturated rings. The van der Waals surface area contributed by atoms with Crippen molar-refractivity contribution in [2.75, 3.05) is 19.9 Å². The molecule has 2 aromatic rings. The first-order valence-electron chi connectivity index (χ1n) is 6.85. The van der Waals surface area contributed by atoms with Crippen LogP contribution in [0.1, 0.15) is 13.3 Å². The Morgan fingerprint density at radius 1 is 1.41 bits per heavy atom. The highest BCUT2D eigenvalue weighted by Crippen LogP contribution is 2.20. The SMILES string of the molecule is CCCN1CN=C(NS(=O)(=O)c2cccc3nsnc23)NC1. The topological polar surface area (TPSA) is 99.6 Å². The number of sulfonamides is 1. The molecule has 10 heteroatoms. The van der Waals surface area contributed by atoms with Crippen molar-refractivity contribution < 1.29 is 8.42 Å². The fourth-order valence-corrected chi connectivity index (χ4v) is 3.95. The highest BCUT2D eigenvalue weighted by Gasteiger charge is 2.22. The van der Waals surface area contributed by atoms with Crippen LogP contribution in [0.4, 0.5) is 0 Å². The highest BCUT2D eigenvalue weighted by atomic mass is 32.2. The standard InChI is InChI=1S/C12H16N6O2S2/c1-2-6-18-7-13-12(14-8-18)17-22(19,20)10-5-3-4-9-11(10)16-21-15-9/h3-5H,2,6-8H2,1H3,(H2,13,14,17). The summed E-state index contributed by atoms with van der Waals surface area (Å²) < 4.78 is 35.6. The summed E-state index contributed by atoms with van der Waals surface area (Å²) >= 11 is 0.990. The zero-order valence-electron chi connectivity index (χ0n) is 12.0. The van der Waals surface area contributed by atoms with E-state index < -0.39 is 10.0 Å². The number of nitrogens with one attached hydrogen (secondary N) is 2. The minimum Gasteiger partial charge on any atom is -0.343 e. The van der Waals surface area contributed by atoms with Gasteiger partial charge in [-0.2, -0.15) is 8.75 Å². The molecule has 1 aliphatic heterocycles. The maximum atomic E-state index is 12.5. The molecule has 0 saturated carbocycles. The number of benzene rings is 1. The fraction of sp³-hybridized carbons (Fsp3) is 0.417. The number of aromatic nitrogens is 2. The van der Waals surface area contributed by atoms with Crippen molar-refractivity contribution >= 4 is 38.7 Å². The van der Waals surface area contributed by atoms with Gasteiger partial charge in [-0.05, 0) is 18.6 Å². The van der Waals surface area contributed by atoms with Crippen molar-refractivity contribution in [3.8, 4) is 0 Å². The van der Waals surface area contributed by atoms with Crippen LogP contribution in [-0.2, 0) is 10.0 Å². The molecular formula is C12H16N6O2S2. The van der Waals surface area contributed by atoms with E-state index in [1.165, 1.54) is 6.07 Å². The van der Waals surface area contributed by atoms with E-state index in [1.54, 1.807) is 12.1 Å². The number of fused-ring (bicyclic) bond motifs is 1. The van der Waals surface area contributed by atoms with Crippen molar-refractivity contribution in [2.45, 2.75) is 18.2 Å². The van der Waals surface area contributed by atoms with Crippen molar-refractivity contribution in [3.05, 3.63) is 18.2 Å². The molecule has 1 aliphatic rings. The molecule has 3 rings (SSSR count). The van der Waals surface area contributed by atoms with Gasteiger partial charge >= 0.3 is 0 Å². The molecule has 0 unspecified atom stereocenters. The summed E-state index contributed by atoms with van der Waals surface area (Å²) in [6.07, 6.45) is 1.02. The van der Waals surface area contributed by atoms with Gasteiger partial charge in [0.05, 0.1) is 25.1 Å². The molecular weight excluding hydrogens is 324 g/mol. The van der Waals surface area contributed by atoms with E-state index in [1.807, 2.05) is 0 Å². The number of rotatable bonds is 4. The fourth-order valence-electron chi connectivity index (χ4n) is 2.18. The van der Waals surface area contributed by atoms with Gasteiger partial charge in [0, 0.05) is 6.54 Å². The Balaban J connectivity index is 1.81. The molecule has 2 N–H and O–H groups in total. The molecule has 0 spiro atoms. The van der Waals surface area contributed by atoms with E-state index in [-0.39, 0.29) is 10.9 Å². The van der Waals surface area contributed by atoms with Crippen molar-refractivity contribution in [2.24, 2.45) is 4.99 Å². The van der Waals surface area contributed by atoms with E-state index in [0.717, 1.165) is 24.7 Å². The minimum atomic E-state index is -3.74. The lowest BCUT2D eigenvalue weighted by molar-refractivity contribution is 0.264. The molecule has 0 bridgehead atoms. The van der Waals surface area contributed by atoms with Crippen LogP contribution in [0, 0.1) is 0 Å². The van der Waals surface area contributed by atoms with Gasteiger partial charge in [0.2, 0.25) is 5.96 Å². The highest BCUT2D eigenvalue weighted by molar-refractivity contribution is 7.90. The van der Waals surface area contributed by atoms with Crippen LogP contribution in [-0.4, -0.2) is 47.9 Å². The third-order valence-corrected chi connectivity index (χ3v) is 5.12. The second-order valence-electron chi connectivity index (χ2n) is 4.87. The van der Waals surface area contributed by atoms with Gasteiger partial charge in [0.25, 0.3) is 10.0 Å². The number of hydrogen-bond acceptors (Lipinski definition) is 8. The van der Waals surface area contributed by atoms with E-state index >= 15 is 0 Å². The average molecular weight is 340 g/mol. The van der Waals surface area contributed by atoms with Gasteiger partial charge in [-0.25, -0.2) is 18.1 Å². The predicted octanol–water partition coefficient (Wildman–Crippen LogP) is 0.556. The number of nitrogens with zero attached hydrogens (tertiary/aromatic N) is 4. The largest absolute Gasteiger partial charge is 0.343 e. The summed E-state index contributed by atoms with van der Waals surface area (Å²) in [7, 11) is -3.74. The van der Waals surface area contributed by atoms with E-state index in [0.29, 0.717) is 24.4 Å². The molecule has 0 amide bonds. The molecule has 118 valence electrons. The van der Waals surface area contributed by atoms with Crippen LogP contribution in [0.5, 0.6) is 0 Å². The third-order valence-electron chi connectivity index (χ3n) is 3.21. The summed E-state index contributed by atoms with van der Waals surface area (Å²) in [6.45, 7) is 4.05. The normalized spacial score (nSPS) is 16.3. The first-order chi connectivity index (χ1) is 10.6. The second kappa shape index (κ2) is 6.15. The van der Waals surface area contributed by atoms with E-state index in [9.17, 15) is 8.42 Å². The van der Waals surface area contributed by atoms with Crippen molar-refractivity contribution in [1.29, 1.82) is 0 Å². The predicted molar refractivity (Wildman–Crippen MR) is 85.0 cm³/mol. The zero-order chi connectivity index (χ0) is 15.6. The lowest BCUT2D eigenvalue weighted by atomic mass is 10.3. The smallest absolute Gasteiger partial charge is 0.266 e. The van der Waals surface area contributed by atoms with Crippen LogP contribution in [0.15, 0.2) is 28.1 Å². The van der Waals surface area contributed by atoms with Gasteiger partial charge in [-0.15, -0.1) is 0 Å².